The number of piperazine rings is 1. The summed E-state index contributed by atoms with van der Waals surface area (Å²) in [5, 5.41) is 0. The van der Waals surface area contributed by atoms with Crippen molar-refractivity contribution >= 4 is 11.6 Å². The molecular weight excluding hydrogens is 230 g/mol. The summed E-state index contributed by atoms with van der Waals surface area (Å²) in [6, 6.07) is 5.14. The highest BCUT2D eigenvalue weighted by molar-refractivity contribution is 5.95. The summed E-state index contributed by atoms with van der Waals surface area (Å²) in [5.74, 6) is 0.640. The second kappa shape index (κ2) is 5.27. The van der Waals surface area contributed by atoms with Crippen LogP contribution >= 0.6 is 0 Å². The maximum Gasteiger partial charge on any atom is 0.254 e. The second-order valence-corrected chi connectivity index (χ2v) is 4.59. The van der Waals surface area contributed by atoms with Crippen molar-refractivity contribution in [2.45, 2.75) is 0 Å². The van der Waals surface area contributed by atoms with Gasteiger partial charge in [-0.3, -0.25) is 4.79 Å². The molecule has 0 atom stereocenters. The fourth-order valence-electron chi connectivity index (χ4n) is 2.06. The van der Waals surface area contributed by atoms with Gasteiger partial charge in [-0.1, -0.05) is 0 Å². The van der Waals surface area contributed by atoms with E-state index in [0.29, 0.717) is 17.0 Å². The zero-order valence-electron chi connectivity index (χ0n) is 10.8. The third-order valence-electron chi connectivity index (χ3n) is 3.20. The van der Waals surface area contributed by atoms with Crippen LogP contribution in [0.5, 0.6) is 5.75 Å². The fraction of sp³-hybridized carbons (Fsp3) is 0.462. The van der Waals surface area contributed by atoms with E-state index >= 15 is 0 Å². The first-order chi connectivity index (χ1) is 8.60. The Hall–Kier alpha value is -1.75. The van der Waals surface area contributed by atoms with Gasteiger partial charge in [0.1, 0.15) is 5.75 Å². The number of anilines is 1. The lowest BCUT2D eigenvalue weighted by molar-refractivity contribution is 0.0664. The molecule has 0 bridgehead atoms. The lowest BCUT2D eigenvalue weighted by Gasteiger charge is -2.32. The summed E-state index contributed by atoms with van der Waals surface area (Å²) in [6.07, 6.45) is 0. The number of hydrogen-bond acceptors (Lipinski definition) is 4. The molecule has 0 saturated carbocycles. The zero-order chi connectivity index (χ0) is 13.1. The van der Waals surface area contributed by atoms with Gasteiger partial charge in [0.2, 0.25) is 0 Å². The van der Waals surface area contributed by atoms with E-state index in [2.05, 4.69) is 11.9 Å². The molecule has 0 spiro atoms. The first-order valence-electron chi connectivity index (χ1n) is 6.02. The Balaban J connectivity index is 2.15. The molecule has 18 heavy (non-hydrogen) atoms. The minimum absolute atomic E-state index is 0.0219. The van der Waals surface area contributed by atoms with Crippen molar-refractivity contribution in [3.63, 3.8) is 0 Å². The van der Waals surface area contributed by atoms with Crippen LogP contribution in [0, 0.1) is 0 Å². The van der Waals surface area contributed by atoms with Crippen LogP contribution in [-0.2, 0) is 0 Å². The van der Waals surface area contributed by atoms with E-state index < -0.39 is 0 Å². The first kappa shape index (κ1) is 12.7. The van der Waals surface area contributed by atoms with Crippen LogP contribution in [0.15, 0.2) is 18.2 Å². The standard InChI is InChI=1S/C13H19N3O2/c1-15-3-5-16(6-4-15)13(17)10-7-11(14)9-12(8-10)18-2/h7-9H,3-6,14H2,1-2H3. The van der Waals surface area contributed by atoms with Crippen LogP contribution in [-0.4, -0.2) is 56.0 Å². The molecule has 1 fully saturated rings. The molecule has 1 aliphatic heterocycles. The number of likely N-dealkylation sites (N-methyl/N-ethyl adjacent to an activating group) is 1. The smallest absolute Gasteiger partial charge is 0.254 e. The van der Waals surface area contributed by atoms with Crippen LogP contribution in [0.2, 0.25) is 0 Å². The van der Waals surface area contributed by atoms with Crippen LogP contribution in [0.25, 0.3) is 0 Å². The topological polar surface area (TPSA) is 58.8 Å². The molecule has 2 rings (SSSR count). The highest BCUT2D eigenvalue weighted by atomic mass is 16.5. The Kier molecular flexibility index (Phi) is 3.72. The number of carbonyl (C=O) groups is 1. The summed E-state index contributed by atoms with van der Waals surface area (Å²) in [4.78, 5) is 16.4. The van der Waals surface area contributed by atoms with E-state index in [-0.39, 0.29) is 5.91 Å². The van der Waals surface area contributed by atoms with Crippen molar-refractivity contribution in [1.29, 1.82) is 0 Å². The number of amides is 1. The Morgan fingerprint density at radius 2 is 1.89 bits per heavy atom. The molecule has 1 heterocycles. The summed E-state index contributed by atoms with van der Waals surface area (Å²) >= 11 is 0. The minimum Gasteiger partial charge on any atom is -0.497 e. The molecule has 1 saturated heterocycles. The first-order valence-corrected chi connectivity index (χ1v) is 6.02. The van der Waals surface area contributed by atoms with Gasteiger partial charge in [-0.05, 0) is 19.2 Å². The Labute approximate surface area is 107 Å². The third kappa shape index (κ3) is 2.73. The van der Waals surface area contributed by atoms with Crippen LogP contribution < -0.4 is 10.5 Å². The van der Waals surface area contributed by atoms with Crippen LogP contribution in [0.1, 0.15) is 10.4 Å². The number of rotatable bonds is 2. The molecule has 0 aromatic heterocycles. The largest absolute Gasteiger partial charge is 0.497 e. The number of ether oxygens (including phenoxy) is 1. The quantitative estimate of drug-likeness (QED) is 0.782. The Bertz CT molecular complexity index is 440. The van der Waals surface area contributed by atoms with E-state index in [1.165, 1.54) is 0 Å². The van der Waals surface area contributed by atoms with Gasteiger partial charge in [-0.25, -0.2) is 0 Å². The summed E-state index contributed by atoms with van der Waals surface area (Å²) in [7, 11) is 3.63. The molecule has 1 amide bonds. The van der Waals surface area contributed by atoms with Crippen molar-refractivity contribution in [1.82, 2.24) is 9.80 Å². The van der Waals surface area contributed by atoms with Gasteiger partial charge in [-0.15, -0.1) is 0 Å². The number of benzene rings is 1. The maximum absolute atomic E-state index is 12.3. The molecule has 2 N–H and O–H groups in total. The molecule has 0 aliphatic carbocycles. The van der Waals surface area contributed by atoms with Gasteiger partial charge in [0.25, 0.3) is 5.91 Å². The summed E-state index contributed by atoms with van der Waals surface area (Å²) < 4.78 is 5.13. The lowest BCUT2D eigenvalue weighted by atomic mass is 10.1. The molecular formula is C13H19N3O2. The molecule has 1 aromatic carbocycles. The molecule has 5 heteroatoms. The highest BCUT2D eigenvalue weighted by Crippen LogP contribution is 2.20. The van der Waals surface area contributed by atoms with Gasteiger partial charge < -0.3 is 20.3 Å². The van der Waals surface area contributed by atoms with E-state index in [1.807, 2.05) is 4.90 Å². The van der Waals surface area contributed by atoms with E-state index in [0.717, 1.165) is 26.2 Å². The van der Waals surface area contributed by atoms with Gasteiger partial charge in [0.05, 0.1) is 7.11 Å². The van der Waals surface area contributed by atoms with Crippen molar-refractivity contribution < 1.29 is 9.53 Å². The average molecular weight is 249 g/mol. The molecule has 0 unspecified atom stereocenters. The average Bonchev–Trinajstić information content (AvgIpc) is 2.38. The number of carbonyl (C=O) groups excluding carboxylic acids is 1. The number of nitrogen functional groups attached to an aromatic ring is 1. The Morgan fingerprint density at radius 1 is 1.22 bits per heavy atom. The monoisotopic (exact) mass is 249 g/mol. The molecule has 0 radical (unpaired) electrons. The van der Waals surface area contributed by atoms with Crippen LogP contribution in [0.4, 0.5) is 5.69 Å². The minimum atomic E-state index is 0.0219. The van der Waals surface area contributed by atoms with Gasteiger partial charge in [0, 0.05) is 43.5 Å². The predicted octanol–water partition coefficient (Wildman–Crippen LogP) is 0.665. The zero-order valence-corrected chi connectivity index (χ0v) is 10.8. The fourth-order valence-corrected chi connectivity index (χ4v) is 2.06. The lowest BCUT2D eigenvalue weighted by Crippen LogP contribution is -2.47. The van der Waals surface area contributed by atoms with Crippen molar-refractivity contribution in [2.75, 3.05) is 46.1 Å². The molecule has 1 aliphatic rings. The molecule has 1 aromatic rings. The number of nitrogens with zero attached hydrogens (tertiary/aromatic N) is 2. The number of methoxy groups -OCH3 is 1. The SMILES string of the molecule is COc1cc(N)cc(C(=O)N2CCN(C)CC2)c1. The third-order valence-corrected chi connectivity index (χ3v) is 3.20. The summed E-state index contributed by atoms with van der Waals surface area (Å²) in [5.41, 5.74) is 6.91. The predicted molar refractivity (Wildman–Crippen MR) is 70.8 cm³/mol. The van der Waals surface area contributed by atoms with Gasteiger partial charge in [-0.2, -0.15) is 0 Å². The second-order valence-electron chi connectivity index (χ2n) is 4.59. The van der Waals surface area contributed by atoms with Crippen molar-refractivity contribution in [3.8, 4) is 5.75 Å². The highest BCUT2D eigenvalue weighted by Gasteiger charge is 2.20. The van der Waals surface area contributed by atoms with E-state index in [1.54, 1.807) is 25.3 Å². The van der Waals surface area contributed by atoms with Gasteiger partial charge >= 0.3 is 0 Å². The normalized spacial score (nSPS) is 16.7. The summed E-state index contributed by atoms with van der Waals surface area (Å²) in [6.45, 7) is 3.33. The molecule has 5 nitrogen and oxygen atoms in total. The number of hydrogen-bond donors (Lipinski definition) is 1. The van der Waals surface area contributed by atoms with Crippen LogP contribution in [0.3, 0.4) is 0 Å². The van der Waals surface area contributed by atoms with E-state index in [9.17, 15) is 4.79 Å². The van der Waals surface area contributed by atoms with Gasteiger partial charge in [0.15, 0.2) is 0 Å². The Morgan fingerprint density at radius 3 is 2.50 bits per heavy atom. The van der Waals surface area contributed by atoms with Crippen molar-refractivity contribution in [3.05, 3.63) is 23.8 Å². The van der Waals surface area contributed by atoms with E-state index in [4.69, 9.17) is 10.5 Å². The van der Waals surface area contributed by atoms with Crippen molar-refractivity contribution in [2.24, 2.45) is 0 Å². The molecule has 98 valence electrons. The maximum atomic E-state index is 12.3. The number of nitrogens with two attached hydrogens (primary N) is 1.